The summed E-state index contributed by atoms with van der Waals surface area (Å²) in [5.41, 5.74) is 0.956. The zero-order valence-corrected chi connectivity index (χ0v) is 46.4. The Kier molecular flexibility index (Phi) is 20.5. The Morgan fingerprint density at radius 1 is 0.724 bits per heavy atom. The molecule has 4 aromatic heterocycles. The van der Waals surface area contributed by atoms with Gasteiger partial charge in [0.05, 0.1) is 51.6 Å². The normalized spacial score (nSPS) is 14.4. The predicted molar refractivity (Wildman–Crippen MR) is 288 cm³/mol. The molecule has 2 aliphatic rings. The third kappa shape index (κ3) is 16.7. The summed E-state index contributed by atoms with van der Waals surface area (Å²) in [5.74, 6) is -5.12. The van der Waals surface area contributed by atoms with E-state index >= 15 is 0 Å². The molecule has 4 amide bonds. The number of amides is 4. The van der Waals surface area contributed by atoms with E-state index in [0.29, 0.717) is 31.6 Å². The third-order valence-electron chi connectivity index (χ3n) is 11.0. The molecule has 0 spiro atoms. The molecule has 2 atom stereocenters. The summed E-state index contributed by atoms with van der Waals surface area (Å²) in [7, 11) is -9.29. The first-order valence-electron chi connectivity index (χ1n) is 23.8. The molecule has 2 fully saturated rings. The largest absolute Gasteiger partial charge is 0.396 e. The second kappa shape index (κ2) is 26.1. The van der Waals surface area contributed by atoms with Crippen molar-refractivity contribution in [2.75, 3.05) is 37.8 Å². The molecule has 2 unspecified atom stereocenters. The maximum Gasteiger partial charge on any atom is 0.284 e. The van der Waals surface area contributed by atoms with E-state index in [1.807, 2.05) is 0 Å². The molecule has 2 aromatic carbocycles. The van der Waals surface area contributed by atoms with Crippen molar-refractivity contribution in [1.29, 1.82) is 0 Å². The van der Waals surface area contributed by atoms with Crippen molar-refractivity contribution in [1.82, 2.24) is 41.2 Å². The summed E-state index contributed by atoms with van der Waals surface area (Å²) >= 11 is 7.59. The predicted octanol–water partition coefficient (Wildman–Crippen LogP) is 4.31. The van der Waals surface area contributed by atoms with E-state index in [9.17, 15) is 54.7 Å². The first-order valence-corrected chi connectivity index (χ1v) is 33.4. The van der Waals surface area contributed by atoms with Crippen LogP contribution in [0.1, 0.15) is 64.7 Å². The second-order valence-electron chi connectivity index (χ2n) is 18.6. The molecule has 76 heavy (non-hydrogen) atoms. The summed E-state index contributed by atoms with van der Waals surface area (Å²) in [5, 5.41) is 34.3. The van der Waals surface area contributed by atoms with E-state index in [-0.39, 0.29) is 78.1 Å². The molecule has 6 aromatic rings. The highest BCUT2D eigenvalue weighted by Gasteiger charge is 2.39. The molecule has 0 radical (unpaired) electrons. The van der Waals surface area contributed by atoms with Crippen molar-refractivity contribution in [2.24, 2.45) is 0 Å². The number of fused-ring (bicyclic) bond motifs is 2. The van der Waals surface area contributed by atoms with Crippen LogP contribution in [0.5, 0.6) is 0 Å². The van der Waals surface area contributed by atoms with Gasteiger partial charge in [0.15, 0.2) is 41.8 Å². The van der Waals surface area contributed by atoms with E-state index in [4.69, 9.17) is 21.3 Å². The topological polar surface area (TPSA) is 317 Å². The molecule has 28 heteroatoms. The number of H-pyrrole nitrogens is 1. The zero-order valence-electron chi connectivity index (χ0n) is 41.4. The Labute approximate surface area is 449 Å². The smallest absolute Gasteiger partial charge is 0.284 e. The third-order valence-corrected chi connectivity index (χ3v) is 17.5. The maximum absolute atomic E-state index is 14.7. The molecular weight excluding hydrogens is 1110 g/mol. The summed E-state index contributed by atoms with van der Waals surface area (Å²) < 4.78 is 82.1. The summed E-state index contributed by atoms with van der Waals surface area (Å²) in [4.78, 5) is 76.2. The number of pyridine rings is 2. The van der Waals surface area contributed by atoms with Crippen LogP contribution in [-0.4, -0.2) is 133 Å². The number of aromatic amines is 1. The number of hydrogen-bond donors (Lipinski definition) is 8. The van der Waals surface area contributed by atoms with Crippen LogP contribution in [-0.2, 0) is 45.5 Å². The molecule has 0 bridgehead atoms. The van der Waals surface area contributed by atoms with Gasteiger partial charge < -0.3 is 41.6 Å². The SMILES string of the molecule is C[Si](C)(C)Cl.O=C(CNC(=O)C(c1nc2ccc(-c3cc[nH]c(=O)c3F)cc2s1)S(=O)(=O)CCCO)NC1CC1.O=C(CNC(=O)C(c1nc2ccc(-c3ccnc(CO)c3F)cc2s1)S(=O)(=O)CCCO)NC1CC1. The number of aromatic nitrogens is 4. The van der Waals surface area contributed by atoms with Crippen LogP contribution in [0.2, 0.25) is 19.6 Å². The van der Waals surface area contributed by atoms with Crippen molar-refractivity contribution in [3.8, 4) is 22.3 Å². The number of hydrogen-bond acceptors (Lipinski definition) is 17. The molecule has 4 heterocycles. The standard InChI is InChI=1S/C23H25FN4O6S2.C22H23FN4O6S2.C3H9ClSi/c24-20-15(6-7-25-17(20)12-30)13-2-5-16-18(10-13)35-23(28-16)21(36(33,34)9-1-8-29)22(32)26-11-19(31)27-14-3-4-14;23-18-14(6-7-24-20(18)30)12-2-5-15-16(10-12)34-22(27-15)19(35(32,33)9-1-8-28)21(31)25-11-17(29)26-13-3-4-13;1-5(2,3)4/h2,5-7,10,14,21,29-30H,1,3-4,8-9,11-12H2,(H,26,32)(H,27,31);2,5-7,10,13,19,28H,1,3-4,8-9,11H2,(H,24,30)(H,25,31)(H,26,29);1-3H3. The minimum atomic E-state index is -4.08. The number of thiazole rings is 2. The van der Waals surface area contributed by atoms with Gasteiger partial charge >= 0.3 is 0 Å². The Morgan fingerprint density at radius 3 is 1.57 bits per heavy atom. The number of carbonyl (C=O) groups is 4. The van der Waals surface area contributed by atoms with Gasteiger partial charge in [-0.15, -0.1) is 22.7 Å². The van der Waals surface area contributed by atoms with Gasteiger partial charge in [0.25, 0.3) is 5.56 Å². The quantitative estimate of drug-likeness (QED) is 0.0368. The Hall–Kier alpha value is -5.65. The number of nitrogens with zero attached hydrogens (tertiary/aromatic N) is 3. The van der Waals surface area contributed by atoms with Crippen LogP contribution in [0.4, 0.5) is 8.78 Å². The van der Waals surface area contributed by atoms with Gasteiger partial charge in [-0.1, -0.05) is 31.8 Å². The fourth-order valence-corrected chi connectivity index (χ4v) is 13.3. The van der Waals surface area contributed by atoms with Crippen molar-refractivity contribution in [2.45, 2.75) is 87.4 Å². The maximum atomic E-state index is 14.7. The minimum absolute atomic E-state index is 0.00596. The summed E-state index contributed by atoms with van der Waals surface area (Å²) in [6, 6.07) is 12.5. The van der Waals surface area contributed by atoms with Crippen LogP contribution in [0.3, 0.4) is 0 Å². The lowest BCUT2D eigenvalue weighted by Crippen LogP contribution is -2.41. The van der Waals surface area contributed by atoms with Gasteiger partial charge in [-0.3, -0.25) is 29.0 Å². The number of aliphatic hydroxyl groups excluding tert-OH is 3. The fraction of sp³-hybridized carbons (Fsp3) is 0.417. The van der Waals surface area contributed by atoms with E-state index in [1.165, 1.54) is 24.5 Å². The molecule has 2 saturated carbocycles. The van der Waals surface area contributed by atoms with Gasteiger partial charge in [0.1, 0.15) is 23.1 Å². The average molecular weight is 1170 g/mol. The van der Waals surface area contributed by atoms with Crippen LogP contribution < -0.4 is 26.8 Å². The molecule has 410 valence electrons. The highest BCUT2D eigenvalue weighted by Crippen LogP contribution is 2.37. The first kappa shape index (κ1) is 59.6. The fourth-order valence-electron chi connectivity index (χ4n) is 7.10. The number of sulfone groups is 2. The lowest BCUT2D eigenvalue weighted by atomic mass is 10.1. The summed E-state index contributed by atoms with van der Waals surface area (Å²) in [6.07, 6.45) is 6.05. The first-order chi connectivity index (χ1) is 35.9. The highest BCUT2D eigenvalue weighted by molar-refractivity contribution is 7.92. The number of halogens is 3. The number of aliphatic hydroxyl groups is 3. The van der Waals surface area contributed by atoms with E-state index < -0.39 is 96.5 Å². The van der Waals surface area contributed by atoms with Crippen LogP contribution >= 0.6 is 33.8 Å². The van der Waals surface area contributed by atoms with Crippen molar-refractivity contribution in [3.63, 3.8) is 0 Å². The lowest BCUT2D eigenvalue weighted by molar-refractivity contribution is -0.126. The lowest BCUT2D eigenvalue weighted by Gasteiger charge is -2.15. The molecule has 0 saturated heterocycles. The number of benzene rings is 2. The van der Waals surface area contributed by atoms with Gasteiger partial charge in [-0.05, 0) is 86.1 Å². The van der Waals surface area contributed by atoms with Crippen molar-refractivity contribution in [3.05, 3.63) is 98.6 Å². The van der Waals surface area contributed by atoms with Gasteiger partial charge in [-0.2, -0.15) is 11.1 Å². The Morgan fingerprint density at radius 2 is 1.16 bits per heavy atom. The Balaban J connectivity index is 0.000000227. The minimum Gasteiger partial charge on any atom is -0.396 e. The number of rotatable bonds is 21. The molecule has 8 N–H and O–H groups in total. The van der Waals surface area contributed by atoms with E-state index in [2.05, 4.69) is 60.8 Å². The monoisotopic (exact) mass is 1170 g/mol. The summed E-state index contributed by atoms with van der Waals surface area (Å²) in [6.45, 7) is 4.23. The molecule has 2 aliphatic carbocycles. The van der Waals surface area contributed by atoms with Gasteiger partial charge in [0.2, 0.25) is 23.6 Å². The highest BCUT2D eigenvalue weighted by atomic mass is 35.6. The van der Waals surface area contributed by atoms with Crippen LogP contribution in [0, 0.1) is 11.6 Å². The number of nitrogens with one attached hydrogen (secondary N) is 5. The second-order valence-corrected chi connectivity index (χ2v) is 32.7. The Bertz CT molecular complexity index is 3360. The molecule has 0 aliphatic heterocycles. The van der Waals surface area contributed by atoms with E-state index in [0.717, 1.165) is 48.4 Å². The molecule has 20 nitrogen and oxygen atoms in total. The van der Waals surface area contributed by atoms with E-state index in [1.54, 1.807) is 36.4 Å². The van der Waals surface area contributed by atoms with Crippen LogP contribution in [0.15, 0.2) is 65.7 Å². The number of carbonyl (C=O) groups excluding carboxylic acids is 4. The van der Waals surface area contributed by atoms with Gasteiger partial charge in [-0.25, -0.2) is 35.6 Å². The molecular formula is C48H57ClF2N8O12S4Si. The average Bonchev–Trinajstić information content (AvgIpc) is 4.28. The van der Waals surface area contributed by atoms with Crippen molar-refractivity contribution < 1.29 is 60.1 Å². The van der Waals surface area contributed by atoms with Crippen molar-refractivity contribution >= 4 is 105 Å². The molecule has 8 rings (SSSR count). The van der Waals surface area contributed by atoms with Crippen LogP contribution in [0.25, 0.3) is 42.7 Å². The van der Waals surface area contributed by atoms with Gasteiger partial charge in [0, 0.05) is 48.8 Å². The zero-order chi connectivity index (χ0) is 55.5.